The molecule has 0 N–H and O–H groups in total. The molecule has 128 valence electrons. The molecule has 0 spiro atoms. The van der Waals surface area contributed by atoms with Crippen LogP contribution in [0.3, 0.4) is 0 Å². The zero-order chi connectivity index (χ0) is 17.7. The van der Waals surface area contributed by atoms with Gasteiger partial charge in [0.2, 0.25) is 0 Å². The summed E-state index contributed by atoms with van der Waals surface area (Å²) in [5.41, 5.74) is -0.438. The van der Waals surface area contributed by atoms with Crippen LogP contribution in [0.25, 0.3) is 0 Å². The molecule has 3 aliphatic rings. The van der Waals surface area contributed by atoms with Crippen LogP contribution in [-0.2, 0) is 19.2 Å². The second-order valence-corrected chi connectivity index (χ2v) is 8.19. The van der Waals surface area contributed by atoms with Gasteiger partial charge in [0.15, 0.2) is 0 Å². The Morgan fingerprint density at radius 2 is 1.38 bits per heavy atom. The van der Waals surface area contributed by atoms with Crippen molar-refractivity contribution in [2.75, 3.05) is 6.54 Å². The summed E-state index contributed by atoms with van der Waals surface area (Å²) in [4.78, 5) is 50.5. The molecule has 1 aliphatic carbocycles. The minimum atomic E-state index is -0.340. The summed E-state index contributed by atoms with van der Waals surface area (Å²) >= 11 is 0. The Morgan fingerprint density at radius 3 is 1.92 bits per heavy atom. The van der Waals surface area contributed by atoms with Gasteiger partial charge < -0.3 is 0 Å². The number of hydrogen-bond acceptors (Lipinski definition) is 4. The monoisotopic (exact) mass is 330 g/mol. The zero-order valence-electron chi connectivity index (χ0n) is 14.2. The van der Waals surface area contributed by atoms with Gasteiger partial charge in [-0.25, -0.2) is 0 Å². The Bertz CT molecular complexity index is 655. The molecule has 3 rings (SSSR count). The maximum atomic E-state index is 12.0. The lowest BCUT2D eigenvalue weighted by molar-refractivity contribution is -0.146. The summed E-state index contributed by atoms with van der Waals surface area (Å²) < 4.78 is 0. The van der Waals surface area contributed by atoms with Crippen molar-refractivity contribution in [2.45, 2.75) is 46.1 Å². The van der Waals surface area contributed by atoms with Gasteiger partial charge in [-0.05, 0) is 30.1 Å². The van der Waals surface area contributed by atoms with Gasteiger partial charge in [0, 0.05) is 36.9 Å². The van der Waals surface area contributed by atoms with Gasteiger partial charge >= 0.3 is 0 Å². The third-order valence-corrected chi connectivity index (χ3v) is 5.07. The predicted octanol–water partition coefficient (Wildman–Crippen LogP) is 1.42. The van der Waals surface area contributed by atoms with E-state index in [2.05, 4.69) is 13.8 Å². The van der Waals surface area contributed by atoms with Crippen LogP contribution < -0.4 is 0 Å². The fourth-order valence-electron chi connectivity index (χ4n) is 4.62. The molecular formula is C18H22N2O4. The molecule has 2 heterocycles. The van der Waals surface area contributed by atoms with Gasteiger partial charge in [-0.15, -0.1) is 0 Å². The number of carbonyl (C=O) groups excluding carboxylic acids is 4. The van der Waals surface area contributed by atoms with E-state index >= 15 is 0 Å². The number of amides is 4. The fraction of sp³-hybridized carbons (Fsp3) is 0.556. The Kier molecular flexibility index (Phi) is 3.73. The van der Waals surface area contributed by atoms with Crippen LogP contribution in [0.1, 0.15) is 40.0 Å². The molecule has 0 aromatic carbocycles. The zero-order valence-corrected chi connectivity index (χ0v) is 14.2. The van der Waals surface area contributed by atoms with Crippen LogP contribution >= 0.6 is 0 Å². The number of hydrogen-bond donors (Lipinski definition) is 0. The smallest absolute Gasteiger partial charge is 0.253 e. The minimum absolute atomic E-state index is 0.0972. The van der Waals surface area contributed by atoms with Crippen LogP contribution in [0.5, 0.6) is 0 Å². The van der Waals surface area contributed by atoms with Gasteiger partial charge in [0.05, 0.1) is 0 Å². The van der Waals surface area contributed by atoms with Crippen molar-refractivity contribution in [3.05, 3.63) is 24.3 Å². The quantitative estimate of drug-likeness (QED) is 0.734. The summed E-state index contributed by atoms with van der Waals surface area (Å²) in [6.45, 7) is 6.53. The first-order chi connectivity index (χ1) is 11.1. The summed E-state index contributed by atoms with van der Waals surface area (Å²) in [6, 6.07) is -0.213. The van der Waals surface area contributed by atoms with E-state index in [-0.39, 0.29) is 40.5 Å². The minimum Gasteiger partial charge on any atom is -0.275 e. The predicted molar refractivity (Wildman–Crippen MR) is 86.4 cm³/mol. The first-order valence-electron chi connectivity index (χ1n) is 8.19. The van der Waals surface area contributed by atoms with Crippen molar-refractivity contribution in [3.63, 3.8) is 0 Å². The van der Waals surface area contributed by atoms with E-state index in [1.165, 1.54) is 34.1 Å². The van der Waals surface area contributed by atoms with Crippen molar-refractivity contribution < 1.29 is 19.2 Å². The van der Waals surface area contributed by atoms with E-state index in [0.717, 1.165) is 12.8 Å². The standard InChI is InChI=1S/C18H22N2O4/c1-17(2)8-12(20-15(23)6-7-16(20)24)9-18(3,10-17)11-19-13(21)4-5-14(19)22/h4-7,12H,8-11H2,1-3H3. The number of rotatable bonds is 3. The number of nitrogens with zero attached hydrogens (tertiary/aromatic N) is 2. The highest BCUT2D eigenvalue weighted by atomic mass is 16.2. The fourth-order valence-corrected chi connectivity index (χ4v) is 4.62. The Morgan fingerprint density at radius 1 is 0.875 bits per heavy atom. The topological polar surface area (TPSA) is 74.8 Å². The summed E-state index contributed by atoms with van der Waals surface area (Å²) in [5, 5.41) is 0. The normalized spacial score (nSPS) is 32.4. The molecular weight excluding hydrogens is 308 g/mol. The molecule has 0 aromatic rings. The third kappa shape index (κ3) is 2.92. The largest absolute Gasteiger partial charge is 0.275 e. The Labute approximate surface area is 141 Å². The SMILES string of the molecule is CC1(C)CC(N2C(=O)C=CC2=O)CC(C)(CN2C(=O)C=CC2=O)C1. The van der Waals surface area contributed by atoms with Gasteiger partial charge in [-0.1, -0.05) is 20.8 Å². The maximum absolute atomic E-state index is 12.0. The molecule has 0 aromatic heterocycles. The highest BCUT2D eigenvalue weighted by molar-refractivity contribution is 6.13. The number of imide groups is 2. The molecule has 6 nitrogen and oxygen atoms in total. The molecule has 1 fully saturated rings. The molecule has 1 saturated carbocycles. The molecule has 2 atom stereocenters. The Hall–Kier alpha value is -2.24. The molecule has 0 radical (unpaired) electrons. The maximum Gasteiger partial charge on any atom is 0.253 e. The lowest BCUT2D eigenvalue weighted by Gasteiger charge is -2.49. The van der Waals surface area contributed by atoms with E-state index in [1.54, 1.807) is 0 Å². The first-order valence-corrected chi connectivity index (χ1v) is 8.19. The van der Waals surface area contributed by atoms with E-state index in [4.69, 9.17) is 0 Å². The summed E-state index contributed by atoms with van der Waals surface area (Å²) in [5.74, 6) is -1.15. The summed E-state index contributed by atoms with van der Waals surface area (Å²) in [6.07, 6.45) is 7.31. The van der Waals surface area contributed by atoms with Gasteiger partial charge in [0.25, 0.3) is 23.6 Å². The van der Waals surface area contributed by atoms with E-state index < -0.39 is 0 Å². The van der Waals surface area contributed by atoms with E-state index in [0.29, 0.717) is 13.0 Å². The lowest BCUT2D eigenvalue weighted by Crippen LogP contribution is -2.52. The van der Waals surface area contributed by atoms with Crippen LogP contribution in [0, 0.1) is 10.8 Å². The van der Waals surface area contributed by atoms with Crippen molar-refractivity contribution in [1.82, 2.24) is 9.80 Å². The highest BCUT2D eigenvalue weighted by Gasteiger charge is 2.47. The van der Waals surface area contributed by atoms with E-state index in [9.17, 15) is 19.2 Å². The molecule has 2 aliphatic heterocycles. The van der Waals surface area contributed by atoms with Crippen LogP contribution in [0.15, 0.2) is 24.3 Å². The molecule has 6 heteroatoms. The highest BCUT2D eigenvalue weighted by Crippen LogP contribution is 2.48. The lowest BCUT2D eigenvalue weighted by atomic mass is 9.62. The van der Waals surface area contributed by atoms with Crippen molar-refractivity contribution >= 4 is 23.6 Å². The second kappa shape index (κ2) is 5.40. The average Bonchev–Trinajstić information content (AvgIpc) is 2.93. The van der Waals surface area contributed by atoms with Gasteiger partial charge in [-0.3, -0.25) is 29.0 Å². The van der Waals surface area contributed by atoms with Gasteiger partial charge in [0.1, 0.15) is 0 Å². The molecule has 0 saturated heterocycles. The summed E-state index contributed by atoms with van der Waals surface area (Å²) in [7, 11) is 0. The second-order valence-electron chi connectivity index (χ2n) is 8.19. The van der Waals surface area contributed by atoms with Crippen LogP contribution in [0.4, 0.5) is 0 Å². The molecule has 2 unspecified atom stereocenters. The average molecular weight is 330 g/mol. The van der Waals surface area contributed by atoms with Crippen molar-refractivity contribution in [3.8, 4) is 0 Å². The van der Waals surface area contributed by atoms with Crippen molar-refractivity contribution in [1.29, 1.82) is 0 Å². The number of carbonyl (C=O) groups is 4. The van der Waals surface area contributed by atoms with Crippen molar-refractivity contribution in [2.24, 2.45) is 10.8 Å². The van der Waals surface area contributed by atoms with Gasteiger partial charge in [-0.2, -0.15) is 0 Å². The molecule has 0 bridgehead atoms. The van der Waals surface area contributed by atoms with Crippen LogP contribution in [-0.4, -0.2) is 46.0 Å². The van der Waals surface area contributed by atoms with Crippen LogP contribution in [0.2, 0.25) is 0 Å². The van der Waals surface area contributed by atoms with E-state index in [1.807, 2.05) is 6.92 Å². The first kappa shape index (κ1) is 16.6. The third-order valence-electron chi connectivity index (χ3n) is 5.07. The molecule has 4 amide bonds. The Balaban J connectivity index is 1.83. The molecule has 24 heavy (non-hydrogen) atoms.